The molecule has 1 aromatic heterocycles. The van der Waals surface area contributed by atoms with Gasteiger partial charge in [0.1, 0.15) is 0 Å². The number of oxime groups is 1. The van der Waals surface area contributed by atoms with E-state index >= 15 is 0 Å². The van der Waals surface area contributed by atoms with Crippen molar-refractivity contribution in [3.8, 4) is 5.88 Å². The smallest absolute Gasteiger partial charge is 0.345 e. The highest BCUT2D eigenvalue weighted by atomic mass is 32.2. The molecule has 0 saturated carbocycles. The summed E-state index contributed by atoms with van der Waals surface area (Å²) in [6.07, 6.45) is 2.59. The molecule has 1 unspecified atom stereocenters. The first kappa shape index (κ1) is 19.1. The van der Waals surface area contributed by atoms with Crippen molar-refractivity contribution in [2.45, 2.75) is 44.7 Å². The lowest BCUT2D eigenvalue weighted by atomic mass is 9.96. The van der Waals surface area contributed by atoms with Gasteiger partial charge in [-0.25, -0.2) is 17.9 Å². The number of esters is 1. The van der Waals surface area contributed by atoms with E-state index in [1.807, 2.05) is 6.92 Å². The van der Waals surface area contributed by atoms with Gasteiger partial charge in [-0.3, -0.25) is 0 Å². The summed E-state index contributed by atoms with van der Waals surface area (Å²) in [5.41, 5.74) is 1.98. The zero-order valence-corrected chi connectivity index (χ0v) is 16.4. The Morgan fingerprint density at radius 2 is 2.07 bits per heavy atom. The molecule has 2 heterocycles. The van der Waals surface area contributed by atoms with Crippen LogP contribution in [0.25, 0.3) is 0 Å². The van der Waals surface area contributed by atoms with Crippen molar-refractivity contribution in [3.05, 3.63) is 41.1 Å². The van der Waals surface area contributed by atoms with E-state index in [4.69, 9.17) is 9.57 Å². The Morgan fingerprint density at radius 3 is 2.67 bits per heavy atom. The first-order valence-corrected chi connectivity index (χ1v) is 10.4. The molecule has 144 valence electrons. The maximum Gasteiger partial charge on any atom is 0.345 e. The number of ether oxygens (including phenoxy) is 1. The maximum absolute atomic E-state index is 12.7. The van der Waals surface area contributed by atoms with Crippen LogP contribution in [-0.4, -0.2) is 36.1 Å². The van der Waals surface area contributed by atoms with E-state index in [0.29, 0.717) is 30.0 Å². The summed E-state index contributed by atoms with van der Waals surface area (Å²) in [6, 6.07) is 4.48. The summed E-state index contributed by atoms with van der Waals surface area (Å²) in [5, 5.41) is 7.97. The molecule has 0 saturated heterocycles. The number of aryl methyl sites for hydroxylation is 1. The second-order valence-electron chi connectivity index (χ2n) is 6.42. The Labute approximate surface area is 157 Å². The van der Waals surface area contributed by atoms with Crippen LogP contribution in [0, 0.1) is 6.92 Å². The third-order valence-corrected chi connectivity index (χ3v) is 5.56. The van der Waals surface area contributed by atoms with E-state index in [-0.39, 0.29) is 10.5 Å². The van der Waals surface area contributed by atoms with Crippen molar-refractivity contribution in [2.75, 3.05) is 6.26 Å². The number of carbonyl (C=O) groups excluding carboxylic acids is 1. The molecule has 9 heteroatoms. The second-order valence-corrected chi connectivity index (χ2v) is 8.41. The molecule has 0 radical (unpaired) electrons. The first-order chi connectivity index (χ1) is 12.7. The molecule has 3 rings (SSSR count). The van der Waals surface area contributed by atoms with Crippen LogP contribution >= 0.6 is 0 Å². The van der Waals surface area contributed by atoms with Crippen molar-refractivity contribution in [1.29, 1.82) is 0 Å². The third-order valence-electron chi connectivity index (χ3n) is 4.41. The fourth-order valence-electron chi connectivity index (χ4n) is 3.09. The van der Waals surface area contributed by atoms with Gasteiger partial charge in [-0.1, -0.05) is 5.16 Å². The van der Waals surface area contributed by atoms with E-state index in [9.17, 15) is 13.2 Å². The average Bonchev–Trinajstić information content (AvgIpc) is 3.22. The van der Waals surface area contributed by atoms with Crippen molar-refractivity contribution >= 4 is 21.5 Å². The monoisotopic (exact) mass is 391 g/mol. The number of rotatable bonds is 5. The number of nitrogens with zero attached hydrogens (tertiary/aromatic N) is 3. The molecule has 0 N–H and O–H groups in total. The molecule has 27 heavy (non-hydrogen) atoms. The number of benzene rings is 1. The zero-order valence-electron chi connectivity index (χ0n) is 15.6. The summed E-state index contributed by atoms with van der Waals surface area (Å²) < 4.78 is 31.5. The Morgan fingerprint density at radius 1 is 1.33 bits per heavy atom. The molecule has 2 aromatic rings. The van der Waals surface area contributed by atoms with E-state index < -0.39 is 21.9 Å². The fraction of sp³-hybridized carbons (Fsp3) is 0.389. The standard InChI is InChI=1S/C18H21N3O5S/c1-5-21-16(8-9-19-21)25-18(22)13-6-7-15(27(4,23)24)17(12(13)3)14-10-11(2)20-26-14/h6-9,14H,5,10H2,1-4H3. The first-order valence-electron chi connectivity index (χ1n) is 8.49. The van der Waals surface area contributed by atoms with E-state index in [0.717, 1.165) is 12.0 Å². The maximum atomic E-state index is 12.7. The Balaban J connectivity index is 2.03. The Kier molecular flexibility index (Phi) is 5.05. The van der Waals surface area contributed by atoms with Crippen LogP contribution in [0.15, 0.2) is 34.4 Å². The van der Waals surface area contributed by atoms with E-state index in [1.165, 1.54) is 12.1 Å². The van der Waals surface area contributed by atoms with Gasteiger partial charge in [0.15, 0.2) is 15.9 Å². The number of carbonyl (C=O) groups is 1. The van der Waals surface area contributed by atoms with Gasteiger partial charge in [-0.2, -0.15) is 5.10 Å². The van der Waals surface area contributed by atoms with Gasteiger partial charge >= 0.3 is 5.97 Å². The highest BCUT2D eigenvalue weighted by molar-refractivity contribution is 7.90. The van der Waals surface area contributed by atoms with Crippen LogP contribution in [0.3, 0.4) is 0 Å². The van der Waals surface area contributed by atoms with Crippen molar-refractivity contribution < 1.29 is 22.8 Å². The molecule has 0 spiro atoms. The molecule has 0 bridgehead atoms. The molecule has 1 atom stereocenters. The van der Waals surface area contributed by atoms with Crippen LogP contribution in [0.2, 0.25) is 0 Å². The molecule has 0 fully saturated rings. The molecule has 1 aliphatic heterocycles. The summed E-state index contributed by atoms with van der Waals surface area (Å²) in [5.74, 6) is -0.258. The molecule has 0 aliphatic carbocycles. The van der Waals surface area contributed by atoms with Gasteiger partial charge in [0.05, 0.1) is 22.4 Å². The van der Waals surface area contributed by atoms with Crippen LogP contribution in [0.1, 0.15) is 47.9 Å². The molecule has 0 amide bonds. The lowest BCUT2D eigenvalue weighted by Crippen LogP contribution is -2.17. The molecular formula is C18H21N3O5S. The van der Waals surface area contributed by atoms with Gasteiger partial charge in [0, 0.05) is 30.9 Å². The highest BCUT2D eigenvalue weighted by Crippen LogP contribution is 2.36. The zero-order chi connectivity index (χ0) is 19.8. The fourth-order valence-corrected chi connectivity index (χ4v) is 4.09. The molecule has 1 aromatic carbocycles. The number of sulfone groups is 1. The van der Waals surface area contributed by atoms with Crippen LogP contribution in [0.5, 0.6) is 5.88 Å². The number of hydrogen-bond donors (Lipinski definition) is 0. The lowest BCUT2D eigenvalue weighted by molar-refractivity contribution is 0.0713. The third kappa shape index (κ3) is 3.73. The van der Waals surface area contributed by atoms with Gasteiger partial charge in [0.2, 0.25) is 5.88 Å². The van der Waals surface area contributed by atoms with Crippen LogP contribution in [0.4, 0.5) is 0 Å². The predicted octanol–water partition coefficient (Wildman–Crippen LogP) is 2.67. The second kappa shape index (κ2) is 7.15. The quantitative estimate of drug-likeness (QED) is 0.727. The van der Waals surface area contributed by atoms with Crippen molar-refractivity contribution in [2.24, 2.45) is 5.16 Å². The number of aromatic nitrogens is 2. The van der Waals surface area contributed by atoms with E-state index in [2.05, 4.69) is 10.3 Å². The van der Waals surface area contributed by atoms with Crippen LogP contribution < -0.4 is 4.74 Å². The molecular weight excluding hydrogens is 370 g/mol. The highest BCUT2D eigenvalue weighted by Gasteiger charge is 2.31. The largest absolute Gasteiger partial charge is 0.404 e. The minimum Gasteiger partial charge on any atom is -0.404 e. The molecule has 1 aliphatic rings. The van der Waals surface area contributed by atoms with Gasteiger partial charge < -0.3 is 9.57 Å². The Hall–Kier alpha value is -2.68. The lowest BCUT2D eigenvalue weighted by Gasteiger charge is -2.18. The van der Waals surface area contributed by atoms with Crippen molar-refractivity contribution in [1.82, 2.24) is 9.78 Å². The summed E-state index contributed by atoms with van der Waals surface area (Å²) in [7, 11) is -3.51. The SMILES string of the molecule is CCn1nccc1OC(=O)c1ccc(S(C)(=O)=O)c(C2CC(C)=NO2)c1C. The Bertz CT molecular complexity index is 1020. The normalized spacial score (nSPS) is 16.7. The summed E-state index contributed by atoms with van der Waals surface area (Å²) in [6.45, 7) is 5.93. The molecule has 8 nitrogen and oxygen atoms in total. The minimum atomic E-state index is -3.51. The average molecular weight is 391 g/mol. The van der Waals surface area contributed by atoms with Crippen LogP contribution in [-0.2, 0) is 21.2 Å². The summed E-state index contributed by atoms with van der Waals surface area (Å²) >= 11 is 0. The minimum absolute atomic E-state index is 0.130. The van der Waals surface area contributed by atoms with Gasteiger partial charge in [-0.05, 0) is 38.5 Å². The van der Waals surface area contributed by atoms with Gasteiger partial charge in [-0.15, -0.1) is 0 Å². The van der Waals surface area contributed by atoms with E-state index in [1.54, 1.807) is 30.8 Å². The van der Waals surface area contributed by atoms with Crippen molar-refractivity contribution in [3.63, 3.8) is 0 Å². The summed E-state index contributed by atoms with van der Waals surface area (Å²) in [4.78, 5) is 18.2. The topological polar surface area (TPSA) is 99.9 Å². The van der Waals surface area contributed by atoms with Gasteiger partial charge in [0.25, 0.3) is 0 Å². The predicted molar refractivity (Wildman–Crippen MR) is 98.7 cm³/mol. The number of hydrogen-bond acceptors (Lipinski definition) is 7.